The number of esters is 1. The number of hydrogen-bond acceptors (Lipinski definition) is 6. The van der Waals surface area contributed by atoms with Gasteiger partial charge in [0.2, 0.25) is 5.91 Å². The molecule has 0 aliphatic carbocycles. The van der Waals surface area contributed by atoms with E-state index in [0.29, 0.717) is 0 Å². The Kier molecular flexibility index (Phi) is 4.58. The molecule has 1 heterocycles. The van der Waals surface area contributed by atoms with Crippen LogP contribution in [0.25, 0.3) is 0 Å². The monoisotopic (exact) mass is 321 g/mol. The fourth-order valence-corrected chi connectivity index (χ4v) is 2.58. The van der Waals surface area contributed by atoms with E-state index in [1.54, 1.807) is 0 Å². The average molecular weight is 321 g/mol. The number of carbonyl (C=O) groups excluding carboxylic acids is 3. The summed E-state index contributed by atoms with van der Waals surface area (Å²) in [4.78, 5) is 47.0. The Morgan fingerprint density at radius 2 is 2.17 bits per heavy atom. The lowest BCUT2D eigenvalue weighted by molar-refractivity contribution is -0.385. The van der Waals surface area contributed by atoms with Crippen LogP contribution in [0.2, 0.25) is 0 Å². The van der Waals surface area contributed by atoms with Crippen LogP contribution in [0, 0.1) is 10.1 Å². The van der Waals surface area contributed by atoms with E-state index in [1.807, 2.05) is 0 Å². The van der Waals surface area contributed by atoms with E-state index in [-0.39, 0.29) is 36.2 Å². The number of ether oxygens (including phenoxy) is 1. The zero-order valence-electron chi connectivity index (χ0n) is 12.4. The molecule has 9 heteroatoms. The minimum absolute atomic E-state index is 0.00443. The van der Waals surface area contributed by atoms with Crippen LogP contribution in [0.5, 0.6) is 0 Å². The van der Waals surface area contributed by atoms with Gasteiger partial charge in [-0.3, -0.25) is 19.7 Å². The molecule has 2 rings (SSSR count). The molecule has 1 aliphatic rings. The number of nitrogens with two attached hydrogens (primary N) is 1. The summed E-state index contributed by atoms with van der Waals surface area (Å²) in [5.41, 5.74) is 5.32. The standard InChI is InChI=1S/C14H15N3O6/c1-23-14(20)11(5-6-12(15)18)16-7-9-8(13(16)19)3-2-4-10(9)17(21)22/h2-4,11H,5-7H2,1H3,(H2,15,18). The molecule has 23 heavy (non-hydrogen) atoms. The Labute approximate surface area is 131 Å². The molecule has 0 saturated carbocycles. The lowest BCUT2D eigenvalue weighted by Crippen LogP contribution is -2.42. The van der Waals surface area contributed by atoms with Crippen molar-refractivity contribution in [3.63, 3.8) is 0 Å². The van der Waals surface area contributed by atoms with Gasteiger partial charge in [-0.15, -0.1) is 0 Å². The maximum absolute atomic E-state index is 12.5. The number of amides is 2. The number of hydrogen-bond donors (Lipinski definition) is 1. The van der Waals surface area contributed by atoms with Crippen LogP contribution in [-0.4, -0.2) is 40.8 Å². The van der Waals surface area contributed by atoms with Crippen LogP contribution in [0.15, 0.2) is 18.2 Å². The van der Waals surface area contributed by atoms with Gasteiger partial charge in [-0.05, 0) is 12.5 Å². The summed E-state index contributed by atoms with van der Waals surface area (Å²) in [6.45, 7) is -0.0934. The molecule has 1 aromatic rings. The van der Waals surface area contributed by atoms with E-state index in [0.717, 1.165) is 7.11 Å². The summed E-state index contributed by atoms with van der Waals surface area (Å²) in [5.74, 6) is -1.83. The minimum atomic E-state index is -1.02. The average Bonchev–Trinajstić information content (AvgIpc) is 2.84. The number of carbonyl (C=O) groups is 3. The highest BCUT2D eigenvalue weighted by molar-refractivity contribution is 6.01. The van der Waals surface area contributed by atoms with Crippen LogP contribution in [0.1, 0.15) is 28.8 Å². The fraction of sp³-hybridized carbons (Fsp3) is 0.357. The first-order valence-electron chi connectivity index (χ1n) is 6.80. The van der Waals surface area contributed by atoms with Gasteiger partial charge in [-0.1, -0.05) is 6.07 Å². The summed E-state index contributed by atoms with van der Waals surface area (Å²) < 4.78 is 4.66. The molecule has 1 aromatic carbocycles. The molecule has 122 valence electrons. The number of nitro groups is 1. The molecule has 1 aliphatic heterocycles. The van der Waals surface area contributed by atoms with Crippen molar-refractivity contribution in [2.45, 2.75) is 25.4 Å². The van der Waals surface area contributed by atoms with Crippen LogP contribution in [0.4, 0.5) is 5.69 Å². The molecule has 0 aromatic heterocycles. The molecule has 2 amide bonds. The molecule has 0 saturated heterocycles. The highest BCUT2D eigenvalue weighted by Crippen LogP contribution is 2.32. The molecule has 1 unspecified atom stereocenters. The van der Waals surface area contributed by atoms with Crippen molar-refractivity contribution in [1.82, 2.24) is 4.90 Å². The third-order valence-electron chi connectivity index (χ3n) is 3.68. The predicted octanol–water partition coefficient (Wildman–Crippen LogP) is 0.358. The molecular weight excluding hydrogens is 306 g/mol. The Hall–Kier alpha value is -2.97. The number of nitrogens with zero attached hydrogens (tertiary/aromatic N) is 2. The predicted molar refractivity (Wildman–Crippen MR) is 77.2 cm³/mol. The van der Waals surface area contributed by atoms with Crippen molar-refractivity contribution in [1.29, 1.82) is 0 Å². The number of fused-ring (bicyclic) bond motifs is 1. The summed E-state index contributed by atoms with van der Waals surface area (Å²) in [6.07, 6.45) is -0.114. The second-order valence-electron chi connectivity index (χ2n) is 5.04. The molecule has 0 spiro atoms. The molecule has 2 N–H and O–H groups in total. The van der Waals surface area contributed by atoms with E-state index < -0.39 is 28.7 Å². The van der Waals surface area contributed by atoms with Gasteiger partial charge in [-0.25, -0.2) is 4.79 Å². The van der Waals surface area contributed by atoms with E-state index in [1.165, 1.54) is 23.1 Å². The third-order valence-corrected chi connectivity index (χ3v) is 3.68. The summed E-state index contributed by atoms with van der Waals surface area (Å²) in [5, 5.41) is 11.1. The maximum Gasteiger partial charge on any atom is 0.328 e. The van der Waals surface area contributed by atoms with E-state index in [4.69, 9.17) is 5.73 Å². The van der Waals surface area contributed by atoms with Gasteiger partial charge >= 0.3 is 5.97 Å². The highest BCUT2D eigenvalue weighted by atomic mass is 16.6. The second-order valence-corrected chi connectivity index (χ2v) is 5.04. The summed E-state index contributed by atoms with van der Waals surface area (Å²) in [6, 6.07) is 3.15. The zero-order chi connectivity index (χ0) is 17.1. The normalized spacial score (nSPS) is 14.3. The van der Waals surface area contributed by atoms with Gasteiger partial charge in [0.1, 0.15) is 6.04 Å². The molecule has 0 radical (unpaired) electrons. The first-order chi connectivity index (χ1) is 10.9. The zero-order valence-corrected chi connectivity index (χ0v) is 12.4. The lowest BCUT2D eigenvalue weighted by atomic mass is 10.1. The van der Waals surface area contributed by atoms with Crippen molar-refractivity contribution >= 4 is 23.5 Å². The minimum Gasteiger partial charge on any atom is -0.467 e. The first-order valence-corrected chi connectivity index (χ1v) is 6.80. The molecule has 0 fully saturated rings. The summed E-state index contributed by atoms with van der Waals surface area (Å²) in [7, 11) is 1.16. The van der Waals surface area contributed by atoms with Gasteiger partial charge in [0.05, 0.1) is 29.7 Å². The van der Waals surface area contributed by atoms with Crippen molar-refractivity contribution in [3.8, 4) is 0 Å². The van der Waals surface area contributed by atoms with Crippen LogP contribution in [-0.2, 0) is 20.9 Å². The Bertz CT molecular complexity index is 687. The van der Waals surface area contributed by atoms with Crippen molar-refractivity contribution in [2.75, 3.05) is 7.11 Å². The van der Waals surface area contributed by atoms with E-state index >= 15 is 0 Å². The van der Waals surface area contributed by atoms with Crippen LogP contribution < -0.4 is 5.73 Å². The first kappa shape index (κ1) is 16.4. The number of primary amides is 1. The topological polar surface area (TPSA) is 133 Å². The van der Waals surface area contributed by atoms with E-state index in [2.05, 4.69) is 4.74 Å². The molecule has 0 bridgehead atoms. The Morgan fingerprint density at radius 3 is 2.74 bits per heavy atom. The van der Waals surface area contributed by atoms with Gasteiger partial charge < -0.3 is 15.4 Å². The largest absolute Gasteiger partial charge is 0.467 e. The fourth-order valence-electron chi connectivity index (χ4n) is 2.58. The van der Waals surface area contributed by atoms with Gasteiger partial charge in [0.25, 0.3) is 11.6 Å². The molecule has 9 nitrogen and oxygen atoms in total. The second kappa shape index (κ2) is 6.42. The Morgan fingerprint density at radius 1 is 1.48 bits per heavy atom. The number of rotatable bonds is 6. The van der Waals surface area contributed by atoms with E-state index in [9.17, 15) is 24.5 Å². The molecular formula is C14H15N3O6. The van der Waals surface area contributed by atoms with Gasteiger partial charge in [0, 0.05) is 12.5 Å². The number of benzene rings is 1. The highest BCUT2D eigenvalue weighted by Gasteiger charge is 2.40. The number of methoxy groups -OCH3 is 1. The third kappa shape index (κ3) is 3.12. The van der Waals surface area contributed by atoms with Crippen LogP contribution >= 0.6 is 0 Å². The molecule has 1 atom stereocenters. The van der Waals surface area contributed by atoms with Crippen LogP contribution in [0.3, 0.4) is 0 Å². The maximum atomic E-state index is 12.5. The van der Waals surface area contributed by atoms with Crippen molar-refractivity contribution in [3.05, 3.63) is 39.4 Å². The van der Waals surface area contributed by atoms with Gasteiger partial charge in [0.15, 0.2) is 0 Å². The van der Waals surface area contributed by atoms with Crippen molar-refractivity contribution in [2.24, 2.45) is 5.73 Å². The quantitative estimate of drug-likeness (QED) is 0.457. The number of nitro benzene ring substituents is 1. The summed E-state index contributed by atoms with van der Waals surface area (Å²) >= 11 is 0. The SMILES string of the molecule is COC(=O)C(CCC(N)=O)N1Cc2c(cccc2[N+](=O)[O-])C1=O. The Balaban J connectivity index is 2.34. The van der Waals surface area contributed by atoms with Gasteiger partial charge in [-0.2, -0.15) is 0 Å². The van der Waals surface area contributed by atoms with Crippen molar-refractivity contribution < 1.29 is 24.0 Å². The lowest BCUT2D eigenvalue weighted by Gasteiger charge is -2.25. The smallest absolute Gasteiger partial charge is 0.328 e.